The second-order valence-corrected chi connectivity index (χ2v) is 6.70. The van der Waals surface area contributed by atoms with E-state index in [1.165, 1.54) is 11.8 Å². The summed E-state index contributed by atoms with van der Waals surface area (Å²) in [5.41, 5.74) is 4.18. The number of rotatable bonds is 4. The molecule has 1 amide bonds. The molecule has 0 unspecified atom stereocenters. The number of allylic oxidation sites excluding steroid dienone is 1. The summed E-state index contributed by atoms with van der Waals surface area (Å²) in [6.45, 7) is 1.52. The number of amides is 1. The van der Waals surface area contributed by atoms with Gasteiger partial charge >= 0.3 is 0 Å². The Morgan fingerprint density at radius 2 is 1.65 bits per heavy atom. The lowest BCUT2D eigenvalue weighted by Gasteiger charge is -2.25. The van der Waals surface area contributed by atoms with Crippen LogP contribution in [0.15, 0.2) is 30.3 Å². The minimum Gasteiger partial charge on any atom is -0.378 e. The Hall–Kier alpha value is -2.89. The predicted molar refractivity (Wildman–Crippen MR) is 107 cm³/mol. The van der Waals surface area contributed by atoms with E-state index in [9.17, 15) is 4.79 Å². The van der Waals surface area contributed by atoms with E-state index in [4.69, 9.17) is 4.98 Å². The average Bonchev–Trinajstić information content (AvgIpc) is 2.65. The maximum atomic E-state index is 11.8. The molecule has 0 saturated carbocycles. The van der Waals surface area contributed by atoms with Gasteiger partial charge in [0.1, 0.15) is 5.82 Å². The number of hydrogen-bond acceptors (Lipinski definition) is 5. The topological polar surface area (TPSA) is 52.6 Å². The highest BCUT2D eigenvalue weighted by Gasteiger charge is 2.21. The van der Waals surface area contributed by atoms with Gasteiger partial charge in [-0.25, -0.2) is 4.98 Å². The van der Waals surface area contributed by atoms with Gasteiger partial charge in [-0.1, -0.05) is 12.2 Å². The van der Waals surface area contributed by atoms with Gasteiger partial charge in [0.2, 0.25) is 11.9 Å². The molecule has 3 rings (SSSR count). The van der Waals surface area contributed by atoms with Crippen LogP contribution in [-0.4, -0.2) is 44.1 Å². The average molecular weight is 351 g/mol. The molecule has 0 radical (unpaired) electrons. The molecular formula is C20H25N5O. The summed E-state index contributed by atoms with van der Waals surface area (Å²) < 4.78 is 0. The van der Waals surface area contributed by atoms with Crippen LogP contribution in [0, 0.1) is 0 Å². The molecule has 1 aromatic carbocycles. The van der Waals surface area contributed by atoms with Crippen molar-refractivity contribution in [2.24, 2.45) is 0 Å². The summed E-state index contributed by atoms with van der Waals surface area (Å²) in [5, 5.41) is 0. The monoisotopic (exact) mass is 351 g/mol. The first-order valence-corrected chi connectivity index (χ1v) is 8.71. The maximum absolute atomic E-state index is 11.8. The van der Waals surface area contributed by atoms with E-state index in [1.807, 2.05) is 26.0 Å². The zero-order chi connectivity index (χ0) is 18.8. The number of fused-ring (bicyclic) bond motifs is 1. The number of anilines is 4. The van der Waals surface area contributed by atoms with Crippen molar-refractivity contribution in [2.45, 2.75) is 19.8 Å². The van der Waals surface area contributed by atoms with Crippen molar-refractivity contribution < 1.29 is 4.79 Å². The summed E-state index contributed by atoms with van der Waals surface area (Å²) in [4.78, 5) is 26.7. The first kappa shape index (κ1) is 17.9. The Morgan fingerprint density at radius 1 is 1.00 bits per heavy atom. The standard InChI is InChI=1S/C20H25N5O/c1-14(26)24(4)20-21-18-9-7-6-8-17(18)19(22-20)25(5)16-12-10-15(11-13-16)23(2)3/h6,8,10-13H,7,9H2,1-5H3. The smallest absolute Gasteiger partial charge is 0.234 e. The van der Waals surface area contributed by atoms with Crippen LogP contribution < -0.4 is 14.7 Å². The van der Waals surface area contributed by atoms with Crippen molar-refractivity contribution in [2.75, 3.05) is 42.9 Å². The summed E-state index contributed by atoms with van der Waals surface area (Å²) in [5.74, 6) is 1.17. The van der Waals surface area contributed by atoms with E-state index in [0.29, 0.717) is 5.95 Å². The van der Waals surface area contributed by atoms with E-state index in [-0.39, 0.29) is 5.91 Å². The molecule has 26 heavy (non-hydrogen) atoms. The van der Waals surface area contributed by atoms with Gasteiger partial charge in [-0.05, 0) is 37.1 Å². The molecule has 1 aliphatic carbocycles. The molecule has 0 spiro atoms. The molecule has 0 saturated heterocycles. The van der Waals surface area contributed by atoms with Crippen LogP contribution in [0.2, 0.25) is 0 Å². The molecule has 136 valence electrons. The summed E-state index contributed by atoms with van der Waals surface area (Å²) in [6.07, 6.45) is 6.03. The molecular weight excluding hydrogens is 326 g/mol. The first-order chi connectivity index (χ1) is 12.4. The largest absolute Gasteiger partial charge is 0.378 e. The number of carbonyl (C=O) groups is 1. The molecule has 0 N–H and O–H groups in total. The van der Waals surface area contributed by atoms with Crippen molar-refractivity contribution in [3.63, 3.8) is 0 Å². The number of hydrogen-bond donors (Lipinski definition) is 0. The number of benzene rings is 1. The number of aryl methyl sites for hydroxylation is 1. The minimum absolute atomic E-state index is 0.0831. The lowest BCUT2D eigenvalue weighted by molar-refractivity contribution is -0.116. The lowest BCUT2D eigenvalue weighted by Crippen LogP contribution is -2.27. The van der Waals surface area contributed by atoms with E-state index < -0.39 is 0 Å². The van der Waals surface area contributed by atoms with Crippen molar-refractivity contribution in [3.05, 3.63) is 41.6 Å². The lowest BCUT2D eigenvalue weighted by atomic mass is 10.0. The molecule has 2 aromatic rings. The molecule has 1 aromatic heterocycles. The summed E-state index contributed by atoms with van der Waals surface area (Å²) >= 11 is 0. The highest BCUT2D eigenvalue weighted by Crippen LogP contribution is 2.32. The van der Waals surface area contributed by atoms with E-state index in [2.05, 4.69) is 46.3 Å². The molecule has 0 atom stereocenters. The number of carbonyl (C=O) groups excluding carboxylic acids is 1. The summed E-state index contributed by atoms with van der Waals surface area (Å²) in [7, 11) is 7.74. The molecule has 0 aliphatic heterocycles. The van der Waals surface area contributed by atoms with Gasteiger partial charge in [-0.15, -0.1) is 0 Å². The van der Waals surface area contributed by atoms with Gasteiger partial charge in [-0.2, -0.15) is 4.98 Å². The van der Waals surface area contributed by atoms with E-state index >= 15 is 0 Å². The van der Waals surface area contributed by atoms with Gasteiger partial charge in [0, 0.05) is 52.1 Å². The Balaban J connectivity index is 2.06. The van der Waals surface area contributed by atoms with Crippen LogP contribution in [0.1, 0.15) is 24.6 Å². The first-order valence-electron chi connectivity index (χ1n) is 8.71. The Kier molecular flexibility index (Phi) is 4.93. The Bertz CT molecular complexity index is 842. The van der Waals surface area contributed by atoms with Crippen LogP contribution >= 0.6 is 0 Å². The van der Waals surface area contributed by atoms with E-state index in [0.717, 1.165) is 41.3 Å². The number of aromatic nitrogens is 2. The van der Waals surface area contributed by atoms with Crippen molar-refractivity contribution in [1.82, 2.24) is 9.97 Å². The fourth-order valence-corrected chi connectivity index (χ4v) is 2.92. The second-order valence-electron chi connectivity index (χ2n) is 6.70. The van der Waals surface area contributed by atoms with Crippen LogP contribution in [0.5, 0.6) is 0 Å². The molecule has 1 heterocycles. The fourth-order valence-electron chi connectivity index (χ4n) is 2.92. The van der Waals surface area contributed by atoms with Gasteiger partial charge < -0.3 is 9.80 Å². The van der Waals surface area contributed by atoms with Gasteiger partial charge in [0.15, 0.2) is 0 Å². The zero-order valence-corrected chi connectivity index (χ0v) is 16.0. The highest BCUT2D eigenvalue weighted by molar-refractivity contribution is 5.89. The van der Waals surface area contributed by atoms with Crippen molar-refractivity contribution in [3.8, 4) is 0 Å². The normalized spacial score (nSPS) is 12.5. The van der Waals surface area contributed by atoms with Crippen LogP contribution in [-0.2, 0) is 11.2 Å². The quantitative estimate of drug-likeness (QED) is 0.846. The maximum Gasteiger partial charge on any atom is 0.234 e. The predicted octanol–water partition coefficient (Wildman–Crippen LogP) is 3.25. The van der Waals surface area contributed by atoms with Gasteiger partial charge in [-0.3, -0.25) is 9.69 Å². The third kappa shape index (κ3) is 3.40. The number of nitrogens with zero attached hydrogens (tertiary/aromatic N) is 5. The molecule has 6 nitrogen and oxygen atoms in total. The SMILES string of the molecule is CC(=O)N(C)c1nc2c(c(N(C)c3ccc(N(C)C)cc3)n1)C=CCC2. The Labute approximate surface area is 154 Å². The van der Waals surface area contributed by atoms with Crippen molar-refractivity contribution in [1.29, 1.82) is 0 Å². The van der Waals surface area contributed by atoms with Crippen LogP contribution in [0.3, 0.4) is 0 Å². The molecule has 6 heteroatoms. The molecule has 0 fully saturated rings. The third-order valence-electron chi connectivity index (χ3n) is 4.67. The van der Waals surface area contributed by atoms with Crippen LogP contribution in [0.4, 0.5) is 23.1 Å². The molecule has 0 bridgehead atoms. The van der Waals surface area contributed by atoms with Gasteiger partial charge in [0.05, 0.1) is 5.69 Å². The van der Waals surface area contributed by atoms with E-state index in [1.54, 1.807) is 7.05 Å². The summed E-state index contributed by atoms with van der Waals surface area (Å²) in [6, 6.07) is 8.31. The molecule has 1 aliphatic rings. The van der Waals surface area contributed by atoms with Gasteiger partial charge in [0.25, 0.3) is 0 Å². The minimum atomic E-state index is -0.0831. The zero-order valence-electron chi connectivity index (χ0n) is 16.0. The Morgan fingerprint density at radius 3 is 2.27 bits per heavy atom. The van der Waals surface area contributed by atoms with Crippen molar-refractivity contribution >= 4 is 35.1 Å². The highest BCUT2D eigenvalue weighted by atomic mass is 16.2. The second kappa shape index (κ2) is 7.15. The third-order valence-corrected chi connectivity index (χ3v) is 4.67. The van der Waals surface area contributed by atoms with Crippen LogP contribution in [0.25, 0.3) is 6.08 Å². The fraction of sp³-hybridized carbons (Fsp3) is 0.350.